The largest absolute Gasteiger partial charge is 0.496 e. The predicted octanol–water partition coefficient (Wildman–Crippen LogP) is 1.37. The van der Waals surface area contributed by atoms with E-state index < -0.39 is 5.91 Å². The number of benzene rings is 1. The van der Waals surface area contributed by atoms with E-state index in [4.69, 9.17) is 4.74 Å². The van der Waals surface area contributed by atoms with Crippen LogP contribution in [0, 0.1) is 0 Å². The molecule has 2 aromatic heterocycles. The van der Waals surface area contributed by atoms with Gasteiger partial charge in [0, 0.05) is 0 Å². The van der Waals surface area contributed by atoms with Crippen molar-refractivity contribution in [2.75, 3.05) is 12.4 Å². The Morgan fingerprint density at radius 2 is 2.25 bits per heavy atom. The first-order valence-corrected chi connectivity index (χ1v) is 9.30. The molecule has 0 bridgehead atoms. The molecule has 3 rings (SSSR count). The summed E-state index contributed by atoms with van der Waals surface area (Å²) in [6, 6.07) is 5.39. The quantitative estimate of drug-likeness (QED) is 0.353. The fourth-order valence-corrected chi connectivity index (χ4v) is 3.26. The second kappa shape index (κ2) is 9.14. The molecule has 0 aliphatic carbocycles. The monoisotopic (exact) mass is 464 g/mol. The average Bonchev–Trinajstić information content (AvgIpc) is 3.34. The summed E-state index contributed by atoms with van der Waals surface area (Å²) in [4.78, 5) is 27.5. The molecule has 3 N–H and O–H groups in total. The molecule has 0 unspecified atom stereocenters. The zero-order valence-corrected chi connectivity index (χ0v) is 16.7. The maximum Gasteiger partial charge on any atom is 0.294 e. The SMILES string of the molecule is COc1ccc(/C=N/NC(=O)Cc2nnc(NC(=O)c3ncn[nH]3)s2)cc1Br. The number of aromatic nitrogens is 5. The molecule has 0 saturated carbocycles. The molecule has 0 fully saturated rings. The number of hydrazone groups is 1. The summed E-state index contributed by atoms with van der Waals surface area (Å²) in [5.41, 5.74) is 3.19. The van der Waals surface area contributed by atoms with E-state index in [2.05, 4.69) is 57.2 Å². The molecule has 28 heavy (non-hydrogen) atoms. The number of nitrogens with zero attached hydrogens (tertiary/aromatic N) is 5. The smallest absolute Gasteiger partial charge is 0.294 e. The molecule has 0 aliphatic rings. The first-order chi connectivity index (χ1) is 13.5. The Labute approximate surface area is 170 Å². The molecule has 2 amide bonds. The number of carbonyl (C=O) groups is 2. The Hall–Kier alpha value is -3.19. The zero-order valence-electron chi connectivity index (χ0n) is 14.3. The van der Waals surface area contributed by atoms with Crippen LogP contribution in [0.15, 0.2) is 34.1 Å². The van der Waals surface area contributed by atoms with Crippen LogP contribution in [0.2, 0.25) is 0 Å². The van der Waals surface area contributed by atoms with Crippen LogP contribution in [-0.2, 0) is 11.2 Å². The number of halogens is 1. The van der Waals surface area contributed by atoms with Gasteiger partial charge >= 0.3 is 0 Å². The van der Waals surface area contributed by atoms with E-state index in [0.29, 0.717) is 10.8 Å². The number of carbonyl (C=O) groups excluding carboxylic acids is 2. The molecule has 0 radical (unpaired) electrons. The second-order valence-corrected chi connectivity index (χ2v) is 7.07. The first-order valence-electron chi connectivity index (χ1n) is 7.69. The average molecular weight is 465 g/mol. The van der Waals surface area contributed by atoms with Crippen molar-refractivity contribution < 1.29 is 14.3 Å². The van der Waals surface area contributed by atoms with Crippen molar-refractivity contribution in [3.05, 3.63) is 45.4 Å². The van der Waals surface area contributed by atoms with Crippen molar-refractivity contribution in [1.82, 2.24) is 30.8 Å². The van der Waals surface area contributed by atoms with Gasteiger partial charge in [0.1, 0.15) is 17.1 Å². The number of hydrogen-bond acceptors (Lipinski definition) is 9. The molecule has 3 aromatic rings. The molecule has 1 aromatic carbocycles. The number of methoxy groups -OCH3 is 1. The molecule has 144 valence electrons. The fraction of sp³-hybridized carbons (Fsp3) is 0.133. The predicted molar refractivity (Wildman–Crippen MR) is 104 cm³/mol. The van der Waals surface area contributed by atoms with Crippen molar-refractivity contribution in [3.63, 3.8) is 0 Å². The molecule has 0 aliphatic heterocycles. The van der Waals surface area contributed by atoms with Gasteiger partial charge in [0.15, 0.2) is 0 Å². The van der Waals surface area contributed by atoms with Crippen LogP contribution in [0.5, 0.6) is 5.75 Å². The van der Waals surface area contributed by atoms with Gasteiger partial charge in [-0.25, -0.2) is 10.4 Å². The number of aromatic amines is 1. The van der Waals surface area contributed by atoms with Gasteiger partial charge in [0.05, 0.1) is 24.2 Å². The topological polar surface area (TPSA) is 147 Å². The molecular weight excluding hydrogens is 452 g/mol. The standard InChI is InChI=1S/C15H13BrN8O3S/c1-27-10-3-2-8(4-9(10)16)6-18-21-11(25)5-12-22-24-15(28-12)20-14(26)13-17-7-19-23-13/h2-4,6-7H,5H2,1H3,(H,21,25)(H,17,19,23)(H,20,24,26)/b18-6+. The summed E-state index contributed by atoms with van der Waals surface area (Å²) in [6.45, 7) is 0. The summed E-state index contributed by atoms with van der Waals surface area (Å²) in [7, 11) is 1.58. The number of ether oxygens (including phenoxy) is 1. The van der Waals surface area contributed by atoms with Crippen LogP contribution in [0.4, 0.5) is 5.13 Å². The zero-order chi connectivity index (χ0) is 19.9. The van der Waals surface area contributed by atoms with Crippen LogP contribution < -0.4 is 15.5 Å². The van der Waals surface area contributed by atoms with Gasteiger partial charge in [0.25, 0.3) is 5.91 Å². The number of anilines is 1. The Bertz CT molecular complexity index is 1000. The molecule has 2 heterocycles. The van der Waals surface area contributed by atoms with Crippen molar-refractivity contribution >= 4 is 50.4 Å². The molecule has 0 atom stereocenters. The fourth-order valence-electron chi connectivity index (χ4n) is 1.97. The van der Waals surface area contributed by atoms with E-state index in [1.807, 2.05) is 6.07 Å². The number of rotatable bonds is 7. The van der Waals surface area contributed by atoms with E-state index in [9.17, 15) is 9.59 Å². The highest BCUT2D eigenvalue weighted by Gasteiger charge is 2.14. The minimum atomic E-state index is -0.500. The van der Waals surface area contributed by atoms with Gasteiger partial charge < -0.3 is 4.74 Å². The number of amides is 2. The molecule has 13 heteroatoms. The molecule has 0 spiro atoms. The van der Waals surface area contributed by atoms with E-state index in [0.717, 1.165) is 21.4 Å². The highest BCUT2D eigenvalue weighted by atomic mass is 79.9. The first kappa shape index (κ1) is 19.6. The maximum atomic E-state index is 12.0. The lowest BCUT2D eigenvalue weighted by Gasteiger charge is -2.03. The van der Waals surface area contributed by atoms with Crippen LogP contribution in [-0.4, -0.2) is 50.5 Å². The van der Waals surface area contributed by atoms with Crippen molar-refractivity contribution in [1.29, 1.82) is 0 Å². The third kappa shape index (κ3) is 5.17. The van der Waals surface area contributed by atoms with E-state index in [1.165, 1.54) is 12.5 Å². The lowest BCUT2D eigenvalue weighted by molar-refractivity contribution is -0.120. The van der Waals surface area contributed by atoms with E-state index in [-0.39, 0.29) is 23.3 Å². The maximum absolute atomic E-state index is 12.0. The van der Waals surface area contributed by atoms with Gasteiger partial charge in [-0.3, -0.25) is 20.0 Å². The minimum Gasteiger partial charge on any atom is -0.496 e. The Morgan fingerprint density at radius 1 is 1.39 bits per heavy atom. The van der Waals surface area contributed by atoms with E-state index in [1.54, 1.807) is 19.2 Å². The van der Waals surface area contributed by atoms with Crippen molar-refractivity contribution in [3.8, 4) is 5.75 Å². The van der Waals surface area contributed by atoms with Gasteiger partial charge in [-0.15, -0.1) is 10.2 Å². The lowest BCUT2D eigenvalue weighted by atomic mass is 10.2. The third-order valence-electron chi connectivity index (χ3n) is 3.21. The normalized spacial score (nSPS) is 10.8. The summed E-state index contributed by atoms with van der Waals surface area (Å²) >= 11 is 4.45. The van der Waals surface area contributed by atoms with Gasteiger partial charge in [0.2, 0.25) is 16.9 Å². The van der Waals surface area contributed by atoms with Crippen LogP contribution in [0.25, 0.3) is 0 Å². The summed E-state index contributed by atoms with van der Waals surface area (Å²) < 4.78 is 5.93. The highest BCUT2D eigenvalue weighted by molar-refractivity contribution is 9.10. The third-order valence-corrected chi connectivity index (χ3v) is 4.67. The summed E-state index contributed by atoms with van der Waals surface area (Å²) in [6.07, 6.45) is 2.70. The summed E-state index contributed by atoms with van der Waals surface area (Å²) in [5.74, 6) is -0.120. The van der Waals surface area contributed by atoms with Crippen LogP contribution in [0.1, 0.15) is 21.2 Å². The Kier molecular flexibility index (Phi) is 6.39. The van der Waals surface area contributed by atoms with Gasteiger partial charge in [-0.05, 0) is 39.7 Å². The van der Waals surface area contributed by atoms with Gasteiger partial charge in [-0.2, -0.15) is 10.2 Å². The molecule has 11 nitrogen and oxygen atoms in total. The Morgan fingerprint density at radius 3 is 2.96 bits per heavy atom. The minimum absolute atomic E-state index is 0.0283. The molecular formula is C15H13BrN8O3S. The van der Waals surface area contributed by atoms with Crippen molar-refractivity contribution in [2.45, 2.75) is 6.42 Å². The van der Waals surface area contributed by atoms with Crippen LogP contribution >= 0.6 is 27.3 Å². The number of H-pyrrole nitrogens is 1. The number of hydrogen-bond donors (Lipinski definition) is 3. The van der Waals surface area contributed by atoms with Crippen LogP contribution in [0.3, 0.4) is 0 Å². The van der Waals surface area contributed by atoms with E-state index >= 15 is 0 Å². The second-order valence-electron chi connectivity index (χ2n) is 5.15. The lowest BCUT2D eigenvalue weighted by Crippen LogP contribution is -2.19. The number of nitrogens with one attached hydrogen (secondary N) is 3. The highest BCUT2D eigenvalue weighted by Crippen LogP contribution is 2.24. The molecule has 0 saturated heterocycles. The van der Waals surface area contributed by atoms with Gasteiger partial charge in [-0.1, -0.05) is 11.3 Å². The Balaban J connectivity index is 1.50. The van der Waals surface area contributed by atoms with Crippen molar-refractivity contribution in [2.24, 2.45) is 5.10 Å². The summed E-state index contributed by atoms with van der Waals surface area (Å²) in [5, 5.41) is 20.8.